The Morgan fingerprint density at radius 2 is 2.50 bits per heavy atom. The van der Waals surface area contributed by atoms with Gasteiger partial charge < -0.3 is 4.74 Å². The first kappa shape index (κ1) is 7.32. The number of hydrogen-bond donors (Lipinski definition) is 0. The van der Waals surface area contributed by atoms with Gasteiger partial charge in [-0.25, -0.2) is 0 Å². The Balaban J connectivity index is 2.17. The molecule has 1 aliphatic rings. The van der Waals surface area contributed by atoms with Crippen LogP contribution in [0.25, 0.3) is 0 Å². The summed E-state index contributed by atoms with van der Waals surface area (Å²) in [5.41, 5.74) is 0. The van der Waals surface area contributed by atoms with Gasteiger partial charge in [0.15, 0.2) is 6.23 Å². The van der Waals surface area contributed by atoms with E-state index in [-0.39, 0.29) is 6.23 Å². The number of aliphatic imine (C=N–C) groups is 1. The molecule has 0 radical (unpaired) electrons. The molecule has 0 aromatic carbocycles. The van der Waals surface area contributed by atoms with Gasteiger partial charge in [-0.1, -0.05) is 13.3 Å². The molecule has 1 aliphatic heterocycles. The number of rotatable bonds is 3. The highest BCUT2D eigenvalue weighted by Crippen LogP contribution is 2.08. The molecule has 56 valence electrons. The molecule has 0 saturated heterocycles. The first-order chi connectivity index (χ1) is 4.93. The summed E-state index contributed by atoms with van der Waals surface area (Å²) in [7, 11) is 0. The van der Waals surface area contributed by atoms with Gasteiger partial charge in [-0.3, -0.25) is 4.99 Å². The molecular formula is C8H13NO. The third-order valence-corrected chi connectivity index (χ3v) is 1.46. The Morgan fingerprint density at radius 1 is 1.60 bits per heavy atom. The SMILES string of the molecule is CCCCC1N=CC=CO1. The van der Waals surface area contributed by atoms with E-state index in [1.54, 1.807) is 12.5 Å². The Bertz CT molecular complexity index is 140. The van der Waals surface area contributed by atoms with Crippen molar-refractivity contribution in [2.24, 2.45) is 4.99 Å². The quantitative estimate of drug-likeness (QED) is 0.587. The fraction of sp³-hybridized carbons (Fsp3) is 0.625. The van der Waals surface area contributed by atoms with Crippen LogP contribution in [0.4, 0.5) is 0 Å². The van der Waals surface area contributed by atoms with Crippen LogP contribution in [0.15, 0.2) is 17.3 Å². The molecule has 0 fully saturated rings. The minimum absolute atomic E-state index is 0.0879. The van der Waals surface area contributed by atoms with Gasteiger partial charge >= 0.3 is 0 Å². The molecule has 1 unspecified atom stereocenters. The predicted molar refractivity (Wildman–Crippen MR) is 42.0 cm³/mol. The van der Waals surface area contributed by atoms with E-state index < -0.39 is 0 Å². The van der Waals surface area contributed by atoms with Gasteiger partial charge in [-0.05, 0) is 12.5 Å². The molecule has 1 atom stereocenters. The van der Waals surface area contributed by atoms with Gasteiger partial charge in [-0.2, -0.15) is 0 Å². The van der Waals surface area contributed by atoms with Crippen LogP contribution in [-0.4, -0.2) is 12.4 Å². The van der Waals surface area contributed by atoms with E-state index in [0.717, 1.165) is 6.42 Å². The molecule has 1 rings (SSSR count). The van der Waals surface area contributed by atoms with Crippen molar-refractivity contribution in [2.75, 3.05) is 0 Å². The molecule has 0 aromatic rings. The van der Waals surface area contributed by atoms with Gasteiger partial charge in [0.05, 0.1) is 6.26 Å². The Hall–Kier alpha value is -0.790. The largest absolute Gasteiger partial charge is 0.476 e. The lowest BCUT2D eigenvalue weighted by atomic mass is 10.2. The standard InChI is InChI=1S/C8H13NO/c1-2-3-5-8-9-6-4-7-10-8/h4,6-8H,2-3,5H2,1H3. The molecule has 0 saturated carbocycles. The van der Waals surface area contributed by atoms with Crippen LogP contribution in [0, 0.1) is 0 Å². The summed E-state index contributed by atoms with van der Waals surface area (Å²) in [4.78, 5) is 4.13. The van der Waals surface area contributed by atoms with Gasteiger partial charge in [0, 0.05) is 12.6 Å². The lowest BCUT2D eigenvalue weighted by Crippen LogP contribution is -2.08. The van der Waals surface area contributed by atoms with Crippen LogP contribution < -0.4 is 0 Å². The molecule has 1 heterocycles. The molecule has 2 heteroatoms. The summed E-state index contributed by atoms with van der Waals surface area (Å²) < 4.78 is 5.20. The fourth-order valence-electron chi connectivity index (χ4n) is 0.873. The summed E-state index contributed by atoms with van der Waals surface area (Å²) in [6.07, 6.45) is 8.83. The van der Waals surface area contributed by atoms with Crippen molar-refractivity contribution in [3.63, 3.8) is 0 Å². The molecule has 0 aromatic heterocycles. The average Bonchev–Trinajstić information content (AvgIpc) is 2.03. The smallest absolute Gasteiger partial charge is 0.188 e. The average molecular weight is 139 g/mol. The van der Waals surface area contributed by atoms with E-state index in [1.807, 2.05) is 6.08 Å². The number of hydrogen-bond acceptors (Lipinski definition) is 2. The van der Waals surface area contributed by atoms with Crippen LogP contribution in [0.2, 0.25) is 0 Å². The normalized spacial score (nSPS) is 22.7. The molecule has 0 spiro atoms. The summed E-state index contributed by atoms with van der Waals surface area (Å²) in [6.45, 7) is 2.17. The van der Waals surface area contributed by atoms with Crippen molar-refractivity contribution >= 4 is 6.21 Å². The van der Waals surface area contributed by atoms with Crippen molar-refractivity contribution in [2.45, 2.75) is 32.4 Å². The fourth-order valence-corrected chi connectivity index (χ4v) is 0.873. The monoisotopic (exact) mass is 139 g/mol. The molecule has 0 N–H and O–H groups in total. The van der Waals surface area contributed by atoms with E-state index in [1.165, 1.54) is 12.8 Å². The predicted octanol–water partition coefficient (Wildman–Crippen LogP) is 2.12. The number of ether oxygens (including phenoxy) is 1. The molecule has 0 amide bonds. The first-order valence-corrected chi connectivity index (χ1v) is 3.77. The Labute approximate surface area is 61.6 Å². The highest BCUT2D eigenvalue weighted by molar-refractivity contribution is 5.71. The number of nitrogens with zero attached hydrogens (tertiary/aromatic N) is 1. The Kier molecular flexibility index (Phi) is 3.00. The summed E-state index contributed by atoms with van der Waals surface area (Å²) in [5.74, 6) is 0. The minimum atomic E-state index is 0.0879. The van der Waals surface area contributed by atoms with Crippen molar-refractivity contribution in [1.82, 2.24) is 0 Å². The number of unbranched alkanes of at least 4 members (excludes halogenated alkanes) is 1. The number of allylic oxidation sites excluding steroid dienone is 1. The van der Waals surface area contributed by atoms with Crippen molar-refractivity contribution < 1.29 is 4.74 Å². The van der Waals surface area contributed by atoms with Crippen LogP contribution in [0.5, 0.6) is 0 Å². The zero-order valence-electron chi connectivity index (χ0n) is 6.29. The highest BCUT2D eigenvalue weighted by Gasteiger charge is 2.04. The highest BCUT2D eigenvalue weighted by atomic mass is 16.5. The van der Waals surface area contributed by atoms with Crippen molar-refractivity contribution in [1.29, 1.82) is 0 Å². The maximum Gasteiger partial charge on any atom is 0.188 e. The van der Waals surface area contributed by atoms with Crippen LogP contribution in [-0.2, 0) is 4.74 Å². The van der Waals surface area contributed by atoms with Gasteiger partial charge in [0.2, 0.25) is 0 Å². The second kappa shape index (κ2) is 4.09. The summed E-state index contributed by atoms with van der Waals surface area (Å²) in [5, 5.41) is 0. The van der Waals surface area contributed by atoms with Crippen molar-refractivity contribution in [3.05, 3.63) is 12.3 Å². The van der Waals surface area contributed by atoms with Crippen LogP contribution in [0.1, 0.15) is 26.2 Å². The Morgan fingerprint density at radius 3 is 3.10 bits per heavy atom. The second-order valence-electron chi connectivity index (χ2n) is 2.36. The maximum absolute atomic E-state index is 5.20. The molecule has 10 heavy (non-hydrogen) atoms. The van der Waals surface area contributed by atoms with Crippen LogP contribution >= 0.6 is 0 Å². The van der Waals surface area contributed by atoms with Gasteiger partial charge in [-0.15, -0.1) is 0 Å². The van der Waals surface area contributed by atoms with Gasteiger partial charge in [0.25, 0.3) is 0 Å². The third kappa shape index (κ3) is 2.21. The van der Waals surface area contributed by atoms with E-state index in [0.29, 0.717) is 0 Å². The van der Waals surface area contributed by atoms with Crippen molar-refractivity contribution in [3.8, 4) is 0 Å². The van der Waals surface area contributed by atoms with E-state index in [4.69, 9.17) is 4.74 Å². The molecule has 0 aliphatic carbocycles. The topological polar surface area (TPSA) is 21.6 Å². The zero-order valence-corrected chi connectivity index (χ0v) is 6.29. The first-order valence-electron chi connectivity index (χ1n) is 3.77. The lowest BCUT2D eigenvalue weighted by molar-refractivity contribution is 0.139. The minimum Gasteiger partial charge on any atom is -0.476 e. The van der Waals surface area contributed by atoms with Gasteiger partial charge in [0.1, 0.15) is 0 Å². The summed E-state index contributed by atoms with van der Waals surface area (Å²) in [6, 6.07) is 0. The van der Waals surface area contributed by atoms with E-state index in [2.05, 4.69) is 11.9 Å². The summed E-state index contributed by atoms with van der Waals surface area (Å²) >= 11 is 0. The molecule has 2 nitrogen and oxygen atoms in total. The third-order valence-electron chi connectivity index (χ3n) is 1.46. The molecular weight excluding hydrogens is 126 g/mol. The lowest BCUT2D eigenvalue weighted by Gasteiger charge is -2.12. The molecule has 0 bridgehead atoms. The zero-order chi connectivity index (χ0) is 7.23. The van der Waals surface area contributed by atoms with Crippen LogP contribution in [0.3, 0.4) is 0 Å². The van der Waals surface area contributed by atoms with E-state index >= 15 is 0 Å². The van der Waals surface area contributed by atoms with E-state index in [9.17, 15) is 0 Å². The maximum atomic E-state index is 5.20. The second-order valence-corrected chi connectivity index (χ2v) is 2.36.